The Kier molecular flexibility index (Phi) is 5.37. The predicted molar refractivity (Wildman–Crippen MR) is 88.1 cm³/mol. The summed E-state index contributed by atoms with van der Waals surface area (Å²) in [7, 11) is 1.88. The molecule has 7 nitrogen and oxygen atoms in total. The van der Waals surface area contributed by atoms with Crippen molar-refractivity contribution in [3.63, 3.8) is 0 Å². The first-order valence-electron chi connectivity index (χ1n) is 6.83. The number of H-pyrrole nitrogens is 1. The van der Waals surface area contributed by atoms with Crippen molar-refractivity contribution >= 4 is 18.3 Å². The zero-order chi connectivity index (χ0) is 15.8. The van der Waals surface area contributed by atoms with Gasteiger partial charge in [-0.2, -0.15) is 10.2 Å². The van der Waals surface area contributed by atoms with Crippen molar-refractivity contribution in [1.82, 2.24) is 25.3 Å². The Labute approximate surface area is 136 Å². The third-order valence-corrected chi connectivity index (χ3v) is 3.55. The van der Waals surface area contributed by atoms with Gasteiger partial charge in [0, 0.05) is 30.4 Å². The van der Waals surface area contributed by atoms with Crippen molar-refractivity contribution < 1.29 is 4.79 Å². The second-order valence-corrected chi connectivity index (χ2v) is 5.88. The Balaban J connectivity index is 0.00000242. The van der Waals surface area contributed by atoms with E-state index in [1.807, 2.05) is 34.7 Å². The van der Waals surface area contributed by atoms with Crippen LogP contribution in [0.4, 0.5) is 0 Å². The Morgan fingerprint density at radius 2 is 2.09 bits per heavy atom. The summed E-state index contributed by atoms with van der Waals surface area (Å²) in [5, 5.41) is 14.2. The highest BCUT2D eigenvalue weighted by Crippen LogP contribution is 2.25. The zero-order valence-electron chi connectivity index (χ0n) is 13.5. The molecule has 4 N–H and O–H groups in total. The standard InChI is InChI=1S/C14H22N6O.ClH/c1-8-12(9(2)20(5)19-8)10-6-11(18-17-10)13(21)16-14(3,4)7-15;/h6H,7,15H2,1-5H3,(H,16,21)(H,17,18);1H. The Morgan fingerprint density at radius 3 is 2.59 bits per heavy atom. The number of carbonyl (C=O) groups is 1. The van der Waals surface area contributed by atoms with Crippen LogP contribution in [0, 0.1) is 13.8 Å². The average Bonchev–Trinajstić information content (AvgIpc) is 2.95. The molecule has 0 bridgehead atoms. The number of nitrogens with one attached hydrogen (secondary N) is 2. The highest BCUT2D eigenvalue weighted by Gasteiger charge is 2.22. The first-order valence-corrected chi connectivity index (χ1v) is 6.83. The molecule has 122 valence electrons. The minimum Gasteiger partial charge on any atom is -0.345 e. The van der Waals surface area contributed by atoms with Crippen molar-refractivity contribution in [2.75, 3.05) is 6.54 Å². The number of aryl methyl sites for hydroxylation is 2. The van der Waals surface area contributed by atoms with Gasteiger partial charge >= 0.3 is 0 Å². The number of hydrogen-bond acceptors (Lipinski definition) is 4. The van der Waals surface area contributed by atoms with E-state index in [9.17, 15) is 4.79 Å². The molecule has 2 aromatic rings. The summed E-state index contributed by atoms with van der Waals surface area (Å²) in [5.41, 5.74) is 9.13. The lowest BCUT2D eigenvalue weighted by Gasteiger charge is -2.23. The second kappa shape index (κ2) is 6.50. The van der Waals surface area contributed by atoms with Gasteiger partial charge in [-0.25, -0.2) is 0 Å². The highest BCUT2D eigenvalue weighted by atomic mass is 35.5. The highest BCUT2D eigenvalue weighted by molar-refractivity contribution is 5.94. The van der Waals surface area contributed by atoms with E-state index < -0.39 is 5.54 Å². The number of aromatic nitrogens is 4. The summed E-state index contributed by atoms with van der Waals surface area (Å²) in [6, 6.07) is 1.74. The topological polar surface area (TPSA) is 102 Å². The molecule has 2 aromatic heterocycles. The molecule has 2 heterocycles. The van der Waals surface area contributed by atoms with E-state index in [1.54, 1.807) is 10.7 Å². The minimum absolute atomic E-state index is 0. The van der Waals surface area contributed by atoms with Crippen LogP contribution in [0.1, 0.15) is 35.7 Å². The summed E-state index contributed by atoms with van der Waals surface area (Å²) < 4.78 is 1.80. The molecule has 22 heavy (non-hydrogen) atoms. The van der Waals surface area contributed by atoms with Gasteiger partial charge in [0.1, 0.15) is 5.69 Å². The summed E-state index contributed by atoms with van der Waals surface area (Å²) in [6.07, 6.45) is 0. The maximum absolute atomic E-state index is 12.2. The molecule has 0 saturated heterocycles. The Morgan fingerprint density at radius 1 is 1.45 bits per heavy atom. The summed E-state index contributed by atoms with van der Waals surface area (Å²) in [6.45, 7) is 8.01. The number of nitrogens with zero attached hydrogens (tertiary/aromatic N) is 3. The zero-order valence-corrected chi connectivity index (χ0v) is 14.3. The Bertz CT molecular complexity index is 673. The maximum Gasteiger partial charge on any atom is 0.269 e. The summed E-state index contributed by atoms with van der Waals surface area (Å²) >= 11 is 0. The fourth-order valence-electron chi connectivity index (χ4n) is 2.14. The molecule has 0 radical (unpaired) electrons. The third-order valence-electron chi connectivity index (χ3n) is 3.55. The van der Waals surface area contributed by atoms with Crippen LogP contribution in [0.3, 0.4) is 0 Å². The molecule has 0 aromatic carbocycles. The van der Waals surface area contributed by atoms with E-state index in [1.165, 1.54) is 0 Å². The molecule has 2 rings (SSSR count). The number of halogens is 1. The van der Waals surface area contributed by atoms with Gasteiger partial charge in [-0.15, -0.1) is 12.4 Å². The molecule has 0 aliphatic rings. The molecule has 0 spiro atoms. The first-order chi connectivity index (χ1) is 9.75. The van der Waals surface area contributed by atoms with Crippen LogP contribution in [-0.2, 0) is 7.05 Å². The normalized spacial score (nSPS) is 11.2. The third kappa shape index (κ3) is 3.48. The van der Waals surface area contributed by atoms with E-state index in [0.717, 1.165) is 17.0 Å². The number of amides is 1. The van der Waals surface area contributed by atoms with Crippen molar-refractivity contribution in [3.05, 3.63) is 23.1 Å². The van der Waals surface area contributed by atoms with Gasteiger partial charge in [0.15, 0.2) is 0 Å². The first kappa shape index (κ1) is 18.2. The lowest BCUT2D eigenvalue weighted by atomic mass is 10.1. The molecule has 0 aliphatic carbocycles. The number of rotatable bonds is 4. The van der Waals surface area contributed by atoms with Crippen molar-refractivity contribution in [2.45, 2.75) is 33.2 Å². The van der Waals surface area contributed by atoms with Gasteiger partial charge in [0.25, 0.3) is 5.91 Å². The SMILES string of the molecule is Cc1nn(C)c(C)c1-c1cc(C(=O)NC(C)(C)CN)[nH]n1.Cl. The quantitative estimate of drug-likeness (QED) is 0.788. The molecule has 0 aliphatic heterocycles. The van der Waals surface area contributed by atoms with Gasteiger partial charge in [0.05, 0.1) is 11.4 Å². The number of aromatic amines is 1. The number of carbonyl (C=O) groups excluding carboxylic acids is 1. The fraction of sp³-hybridized carbons (Fsp3) is 0.500. The Hall–Kier alpha value is -1.86. The predicted octanol–water partition coefficient (Wildman–Crippen LogP) is 1.32. The van der Waals surface area contributed by atoms with Crippen LogP contribution in [0.25, 0.3) is 11.3 Å². The van der Waals surface area contributed by atoms with E-state index >= 15 is 0 Å². The molecule has 1 amide bonds. The molecular weight excluding hydrogens is 304 g/mol. The van der Waals surface area contributed by atoms with Crippen LogP contribution in [-0.4, -0.2) is 38.0 Å². The molecule has 8 heteroatoms. The van der Waals surface area contributed by atoms with E-state index in [0.29, 0.717) is 17.9 Å². The van der Waals surface area contributed by atoms with Crippen LogP contribution in [0.2, 0.25) is 0 Å². The van der Waals surface area contributed by atoms with Crippen molar-refractivity contribution in [2.24, 2.45) is 12.8 Å². The second-order valence-electron chi connectivity index (χ2n) is 5.88. The minimum atomic E-state index is -0.456. The molecule has 0 unspecified atom stereocenters. The van der Waals surface area contributed by atoms with Gasteiger partial charge in [0.2, 0.25) is 0 Å². The molecule has 0 saturated carbocycles. The van der Waals surface area contributed by atoms with Gasteiger partial charge in [-0.05, 0) is 33.8 Å². The van der Waals surface area contributed by atoms with E-state index in [-0.39, 0.29) is 18.3 Å². The molecule has 0 atom stereocenters. The van der Waals surface area contributed by atoms with E-state index in [4.69, 9.17) is 5.73 Å². The van der Waals surface area contributed by atoms with Gasteiger partial charge in [-0.3, -0.25) is 14.6 Å². The number of hydrogen-bond donors (Lipinski definition) is 3. The van der Waals surface area contributed by atoms with Gasteiger partial charge in [-0.1, -0.05) is 0 Å². The maximum atomic E-state index is 12.2. The summed E-state index contributed by atoms with van der Waals surface area (Å²) in [5.74, 6) is -0.219. The van der Waals surface area contributed by atoms with Crippen molar-refractivity contribution in [3.8, 4) is 11.3 Å². The van der Waals surface area contributed by atoms with E-state index in [2.05, 4.69) is 20.6 Å². The smallest absolute Gasteiger partial charge is 0.269 e. The fourth-order valence-corrected chi connectivity index (χ4v) is 2.14. The van der Waals surface area contributed by atoms with Gasteiger partial charge < -0.3 is 11.1 Å². The average molecular weight is 327 g/mol. The van der Waals surface area contributed by atoms with Crippen LogP contribution >= 0.6 is 12.4 Å². The number of nitrogens with two attached hydrogens (primary N) is 1. The van der Waals surface area contributed by atoms with Crippen LogP contribution < -0.4 is 11.1 Å². The van der Waals surface area contributed by atoms with Crippen molar-refractivity contribution in [1.29, 1.82) is 0 Å². The lowest BCUT2D eigenvalue weighted by molar-refractivity contribution is 0.0910. The monoisotopic (exact) mass is 326 g/mol. The molecule has 0 fully saturated rings. The molecular formula is C14H23ClN6O. The lowest BCUT2D eigenvalue weighted by Crippen LogP contribution is -2.48. The largest absolute Gasteiger partial charge is 0.345 e. The van der Waals surface area contributed by atoms with Crippen LogP contribution in [0.15, 0.2) is 6.07 Å². The van der Waals surface area contributed by atoms with Crippen LogP contribution in [0.5, 0.6) is 0 Å². The summed E-state index contributed by atoms with van der Waals surface area (Å²) in [4.78, 5) is 12.2.